The van der Waals surface area contributed by atoms with Crippen molar-refractivity contribution in [3.05, 3.63) is 0 Å². The fourth-order valence-electron chi connectivity index (χ4n) is 10.4. The van der Waals surface area contributed by atoms with E-state index < -0.39 is 11.7 Å². The number of hydrogen-bond acceptors (Lipinski definition) is 6. The van der Waals surface area contributed by atoms with Gasteiger partial charge in [-0.1, -0.05) is 6.92 Å². The number of likely N-dealkylation sites (tertiary alicyclic amines) is 1. The smallest absolute Gasteiger partial charge is 0.0771 e. The summed E-state index contributed by atoms with van der Waals surface area (Å²) in [5.41, 5.74) is -1.08. The maximum atomic E-state index is 12.2. The lowest BCUT2D eigenvalue weighted by Gasteiger charge is -2.69. The van der Waals surface area contributed by atoms with E-state index in [1.807, 2.05) is 0 Å². The van der Waals surface area contributed by atoms with E-state index in [1.165, 1.54) is 0 Å². The van der Waals surface area contributed by atoms with Crippen molar-refractivity contribution in [3.63, 3.8) is 0 Å². The molecule has 0 aromatic heterocycles. The second-order valence-corrected chi connectivity index (χ2v) is 11.2. The van der Waals surface area contributed by atoms with Gasteiger partial charge in [0.15, 0.2) is 0 Å². The van der Waals surface area contributed by atoms with Gasteiger partial charge >= 0.3 is 0 Å². The Morgan fingerprint density at radius 2 is 1.93 bits per heavy atom. The molecule has 1 saturated heterocycles. The molecule has 1 spiro atoms. The van der Waals surface area contributed by atoms with Gasteiger partial charge < -0.3 is 24.8 Å². The number of hydrogen-bond donors (Lipinski definition) is 3. The van der Waals surface area contributed by atoms with Crippen LogP contribution in [0.3, 0.4) is 0 Å². The number of rotatable bonds is 4. The molecule has 0 aromatic carbocycles. The number of nitrogens with zero attached hydrogens (tertiary/aromatic N) is 1. The first kappa shape index (κ1) is 19.4. The van der Waals surface area contributed by atoms with Gasteiger partial charge in [-0.25, -0.2) is 0 Å². The van der Waals surface area contributed by atoms with Gasteiger partial charge in [0.2, 0.25) is 0 Å². The molecule has 3 N–H and O–H groups in total. The molecule has 6 nitrogen and oxygen atoms in total. The summed E-state index contributed by atoms with van der Waals surface area (Å²) in [5.74, 6) is 0.553. The Bertz CT molecular complexity index is 705. The number of piperidine rings is 1. The SMILES string of the molecule is CCN1C[C@]2(COC)CC[C@H](O)[C@@]34[C@@H]5C[C@H]6[C@H](O)[C@@H]5[C@](O)(C[C@@H]6OC)[C@@H](C[C@H]23)[C@H]14. The summed E-state index contributed by atoms with van der Waals surface area (Å²) < 4.78 is 11.6. The van der Waals surface area contributed by atoms with Crippen molar-refractivity contribution in [1.82, 2.24) is 4.90 Å². The number of aliphatic hydroxyl groups is 3. The second kappa shape index (κ2) is 5.96. The van der Waals surface area contributed by atoms with Crippen molar-refractivity contribution in [2.45, 2.75) is 69.0 Å². The predicted molar refractivity (Wildman–Crippen MR) is 106 cm³/mol. The van der Waals surface area contributed by atoms with E-state index >= 15 is 0 Å². The first-order valence-corrected chi connectivity index (χ1v) is 11.7. The molecule has 0 amide bonds. The number of fused-ring (bicyclic) bond motifs is 2. The lowest BCUT2D eigenvalue weighted by molar-refractivity contribution is -0.272. The number of aliphatic hydroxyl groups excluding tert-OH is 2. The van der Waals surface area contributed by atoms with Gasteiger partial charge in [-0.15, -0.1) is 0 Å². The van der Waals surface area contributed by atoms with Gasteiger partial charge in [0.1, 0.15) is 0 Å². The highest BCUT2D eigenvalue weighted by Gasteiger charge is 2.83. The molecule has 164 valence electrons. The molecule has 0 unspecified atom stereocenters. The lowest BCUT2D eigenvalue weighted by atomic mass is 9.43. The minimum absolute atomic E-state index is 0.0495. The van der Waals surface area contributed by atoms with Gasteiger partial charge in [0, 0.05) is 61.8 Å². The van der Waals surface area contributed by atoms with E-state index in [2.05, 4.69) is 11.8 Å². The fourth-order valence-corrected chi connectivity index (χ4v) is 10.4. The van der Waals surface area contributed by atoms with E-state index in [4.69, 9.17) is 9.47 Å². The zero-order valence-electron chi connectivity index (χ0n) is 18.0. The van der Waals surface area contributed by atoms with Crippen LogP contribution in [0.5, 0.6) is 0 Å². The molecule has 0 radical (unpaired) electrons. The van der Waals surface area contributed by atoms with Crippen molar-refractivity contribution >= 4 is 0 Å². The Balaban J connectivity index is 1.57. The quantitative estimate of drug-likeness (QED) is 0.642. The average molecular weight is 408 g/mol. The number of ether oxygens (including phenoxy) is 2. The Morgan fingerprint density at radius 3 is 2.62 bits per heavy atom. The molecule has 5 aliphatic carbocycles. The highest BCUT2D eigenvalue weighted by Crippen LogP contribution is 2.78. The minimum atomic E-state index is -0.901. The Kier molecular flexibility index (Phi) is 4.00. The van der Waals surface area contributed by atoms with Gasteiger partial charge in [0.25, 0.3) is 0 Å². The minimum Gasteiger partial charge on any atom is -0.392 e. The van der Waals surface area contributed by atoms with E-state index in [9.17, 15) is 15.3 Å². The maximum absolute atomic E-state index is 12.2. The van der Waals surface area contributed by atoms with Crippen LogP contribution in [0.15, 0.2) is 0 Å². The zero-order chi connectivity index (χ0) is 20.3. The highest BCUT2D eigenvalue weighted by molar-refractivity contribution is 5.33. The monoisotopic (exact) mass is 407 g/mol. The lowest BCUT2D eigenvalue weighted by Crippen LogP contribution is -2.76. The Hall–Kier alpha value is -0.240. The third kappa shape index (κ3) is 1.93. The topological polar surface area (TPSA) is 82.4 Å². The van der Waals surface area contributed by atoms with Crippen molar-refractivity contribution in [1.29, 1.82) is 0 Å². The molecule has 1 heterocycles. The van der Waals surface area contributed by atoms with Crippen molar-refractivity contribution in [2.75, 3.05) is 33.9 Å². The van der Waals surface area contributed by atoms with Crippen LogP contribution in [-0.4, -0.2) is 84.1 Å². The molecule has 29 heavy (non-hydrogen) atoms. The average Bonchev–Trinajstić information content (AvgIpc) is 3.13. The van der Waals surface area contributed by atoms with Crippen molar-refractivity contribution in [3.8, 4) is 0 Å². The molecule has 5 saturated carbocycles. The largest absolute Gasteiger partial charge is 0.392 e. The molecular weight excluding hydrogens is 370 g/mol. The summed E-state index contributed by atoms with van der Waals surface area (Å²) in [4.78, 5) is 2.57. The normalized spacial score (nSPS) is 62.5. The van der Waals surface area contributed by atoms with Crippen LogP contribution in [0.1, 0.15) is 39.0 Å². The molecule has 6 heteroatoms. The van der Waals surface area contributed by atoms with Crippen molar-refractivity contribution < 1.29 is 24.8 Å². The van der Waals surface area contributed by atoms with Gasteiger partial charge in [-0.3, -0.25) is 4.90 Å². The van der Waals surface area contributed by atoms with E-state index in [0.29, 0.717) is 12.3 Å². The maximum Gasteiger partial charge on any atom is 0.0771 e. The third-order valence-electron chi connectivity index (χ3n) is 10.9. The van der Waals surface area contributed by atoms with E-state index in [0.717, 1.165) is 45.4 Å². The molecule has 7 bridgehead atoms. The first-order chi connectivity index (χ1) is 13.9. The first-order valence-electron chi connectivity index (χ1n) is 11.7. The van der Waals surface area contributed by atoms with Crippen LogP contribution in [0, 0.1) is 40.4 Å². The Labute approximate surface area is 173 Å². The molecule has 6 fully saturated rings. The molecule has 0 aromatic rings. The van der Waals surface area contributed by atoms with Crippen LogP contribution in [0.4, 0.5) is 0 Å². The van der Waals surface area contributed by atoms with E-state index in [1.54, 1.807) is 14.2 Å². The zero-order valence-corrected chi connectivity index (χ0v) is 18.0. The fraction of sp³-hybridized carbons (Fsp3) is 1.00. The summed E-state index contributed by atoms with van der Waals surface area (Å²) in [7, 11) is 3.52. The van der Waals surface area contributed by atoms with Crippen LogP contribution >= 0.6 is 0 Å². The summed E-state index contributed by atoms with van der Waals surface area (Å²) in [6.07, 6.45) is 3.27. The second-order valence-electron chi connectivity index (χ2n) is 11.2. The molecular formula is C23H37NO5. The highest BCUT2D eigenvalue weighted by atomic mass is 16.5. The molecule has 6 aliphatic rings. The predicted octanol–water partition coefficient (Wildman–Crippen LogP) is 0.877. The molecule has 12 atom stereocenters. The third-order valence-corrected chi connectivity index (χ3v) is 10.9. The van der Waals surface area contributed by atoms with Gasteiger partial charge in [-0.05, 0) is 44.1 Å². The molecule has 1 aliphatic heterocycles. The van der Waals surface area contributed by atoms with Crippen LogP contribution < -0.4 is 0 Å². The standard InChI is InChI=1S/C23H37NO5/c1-4-24-10-21(11-28-2)6-5-17(25)23-13-7-12-15(29-3)9-22(27,18(13)19(12)26)14(20(23)24)8-16(21)23/h12-20,25-27H,4-11H2,1-3H3/t12-,13-,14+,15+,16-,17+,18-,19+,20+,21+,22+,23-/m1/s1. The Morgan fingerprint density at radius 1 is 1.14 bits per heavy atom. The van der Waals surface area contributed by atoms with Gasteiger partial charge in [-0.2, -0.15) is 0 Å². The van der Waals surface area contributed by atoms with Crippen LogP contribution in [0.25, 0.3) is 0 Å². The molecule has 6 rings (SSSR count). The summed E-state index contributed by atoms with van der Waals surface area (Å²) >= 11 is 0. The summed E-state index contributed by atoms with van der Waals surface area (Å²) in [5, 5.41) is 35.2. The van der Waals surface area contributed by atoms with Crippen LogP contribution in [-0.2, 0) is 9.47 Å². The van der Waals surface area contributed by atoms with Crippen LogP contribution in [0.2, 0.25) is 0 Å². The van der Waals surface area contributed by atoms with Gasteiger partial charge in [0.05, 0.1) is 30.5 Å². The number of methoxy groups -OCH3 is 2. The van der Waals surface area contributed by atoms with E-state index in [-0.39, 0.29) is 52.8 Å². The summed E-state index contributed by atoms with van der Waals surface area (Å²) in [6, 6.07) is 0.200. The van der Waals surface area contributed by atoms with Crippen molar-refractivity contribution in [2.24, 2.45) is 40.4 Å². The summed E-state index contributed by atoms with van der Waals surface area (Å²) in [6.45, 7) is 4.88.